The Hall–Kier alpha value is -1.94. The molecule has 0 amide bonds. The fourth-order valence-corrected chi connectivity index (χ4v) is 3.00. The molecule has 0 aromatic heterocycles. The van der Waals surface area contributed by atoms with E-state index in [1.165, 1.54) is 57.3 Å². The number of benzene rings is 2. The molecule has 4 rings (SSSR count). The number of aliphatic hydroxyl groups excluding tert-OH is 2. The molecular formula is C33H44HfO2. The first-order valence-electron chi connectivity index (χ1n) is 12.5. The number of hydrogen-bond acceptors (Lipinski definition) is 2. The van der Waals surface area contributed by atoms with Gasteiger partial charge in [-0.2, -0.15) is 11.1 Å². The summed E-state index contributed by atoms with van der Waals surface area (Å²) in [5, 5.41) is 16.1. The Morgan fingerprint density at radius 1 is 0.667 bits per heavy atom. The molecule has 0 unspecified atom stereocenters. The van der Waals surface area contributed by atoms with E-state index in [4.69, 9.17) is 10.2 Å². The number of hydrogen-bond donors (Lipinski definition) is 2. The van der Waals surface area contributed by atoms with E-state index >= 15 is 0 Å². The van der Waals surface area contributed by atoms with Gasteiger partial charge in [-0.05, 0) is 38.8 Å². The summed E-state index contributed by atoms with van der Waals surface area (Å²) >= 11 is 1.27. The van der Waals surface area contributed by atoms with Crippen molar-refractivity contribution in [2.24, 2.45) is 0 Å². The van der Waals surface area contributed by atoms with E-state index in [1.807, 2.05) is 12.1 Å². The predicted molar refractivity (Wildman–Crippen MR) is 154 cm³/mol. The quantitative estimate of drug-likeness (QED) is 0.256. The summed E-state index contributed by atoms with van der Waals surface area (Å²) in [6, 6.07) is 21.0. The van der Waals surface area contributed by atoms with E-state index in [-0.39, 0.29) is 12.2 Å². The van der Waals surface area contributed by atoms with Crippen LogP contribution in [-0.4, -0.2) is 25.7 Å². The van der Waals surface area contributed by atoms with Crippen LogP contribution in [0.5, 0.6) is 0 Å². The van der Waals surface area contributed by atoms with Crippen molar-refractivity contribution >= 4 is 14.4 Å². The maximum atomic E-state index is 8.06. The molecule has 0 bridgehead atoms. The second kappa shape index (κ2) is 20.2. The van der Waals surface area contributed by atoms with E-state index < -0.39 is 0 Å². The Balaban J connectivity index is 0.000000478. The molecule has 0 radical (unpaired) electrons. The van der Waals surface area contributed by atoms with Gasteiger partial charge in [0.1, 0.15) is 0 Å². The summed E-state index contributed by atoms with van der Waals surface area (Å²) in [6.45, 7) is 15.5. The molecule has 0 saturated heterocycles. The number of aliphatic hydroxyl groups is 2. The molecule has 2 aliphatic rings. The van der Waals surface area contributed by atoms with Crippen molar-refractivity contribution in [1.82, 2.24) is 0 Å². The Bertz CT molecular complexity index is 907. The zero-order valence-electron chi connectivity index (χ0n) is 23.4. The molecule has 0 saturated carbocycles. The molecule has 3 heteroatoms. The first-order valence-corrected chi connectivity index (χ1v) is 14.3. The molecule has 0 spiro atoms. The van der Waals surface area contributed by atoms with Gasteiger partial charge in [-0.3, -0.25) is 12.2 Å². The fourth-order valence-electron chi connectivity index (χ4n) is 3.00. The van der Waals surface area contributed by atoms with Crippen LogP contribution in [0.3, 0.4) is 0 Å². The van der Waals surface area contributed by atoms with Gasteiger partial charge in [0.15, 0.2) is 0 Å². The van der Waals surface area contributed by atoms with Gasteiger partial charge in [0, 0.05) is 12.2 Å². The van der Waals surface area contributed by atoms with Gasteiger partial charge in [-0.15, -0.1) is 37.8 Å². The second-order valence-corrected chi connectivity index (χ2v) is 12.9. The van der Waals surface area contributed by atoms with Gasteiger partial charge >= 0.3 is 41.0 Å². The van der Waals surface area contributed by atoms with E-state index in [0.717, 1.165) is 12.8 Å². The van der Waals surface area contributed by atoms with Crippen molar-refractivity contribution in [3.63, 3.8) is 0 Å². The molecule has 2 N–H and O–H groups in total. The van der Waals surface area contributed by atoms with Crippen LogP contribution in [0, 0.1) is 12.2 Å². The Kier molecular flexibility index (Phi) is 19.1. The molecule has 0 aliphatic heterocycles. The van der Waals surface area contributed by atoms with E-state index in [1.54, 1.807) is 31.0 Å². The second-order valence-electron chi connectivity index (χ2n) is 9.29. The zero-order chi connectivity index (χ0) is 27.5. The standard InChI is InChI=1S/2C12H11.2C3H8O.C3H6.Hf/c2*1-10-6-5-9-12(10)11-7-3-2-4-8-11;2*1-3(2)4;1-3-2;/h2*2-4,6-8H,9H2,1H3;2*3-4H,1-2H3;1-2H3;/q2*-1;;;;+2. The summed E-state index contributed by atoms with van der Waals surface area (Å²) in [6.07, 6.45) is 12.2. The van der Waals surface area contributed by atoms with Crippen molar-refractivity contribution in [3.05, 3.63) is 107 Å². The van der Waals surface area contributed by atoms with Crippen molar-refractivity contribution in [3.8, 4) is 0 Å². The van der Waals surface area contributed by atoms with Crippen LogP contribution < -0.4 is 0 Å². The van der Waals surface area contributed by atoms with Gasteiger partial charge in [-0.25, -0.2) is 12.2 Å². The molecule has 2 nitrogen and oxygen atoms in total. The van der Waals surface area contributed by atoms with Crippen LogP contribution in [0.25, 0.3) is 11.1 Å². The van der Waals surface area contributed by atoms with Gasteiger partial charge in [0.05, 0.1) is 0 Å². The maximum absolute atomic E-state index is 8.06. The van der Waals surface area contributed by atoms with Crippen LogP contribution in [0.1, 0.15) is 79.4 Å². The Morgan fingerprint density at radius 3 is 1.11 bits per heavy atom. The first kappa shape index (κ1) is 34.1. The van der Waals surface area contributed by atoms with Crippen LogP contribution >= 0.6 is 0 Å². The fraction of sp³-hybridized carbons (Fsp3) is 0.364. The monoisotopic (exact) mass is 652 g/mol. The average Bonchev–Trinajstić information content (AvgIpc) is 3.42. The van der Waals surface area contributed by atoms with Gasteiger partial charge in [0.25, 0.3) is 0 Å². The third kappa shape index (κ3) is 17.5. The molecule has 2 aromatic rings. The minimum atomic E-state index is -0.167. The van der Waals surface area contributed by atoms with E-state index in [0.29, 0.717) is 0 Å². The number of allylic oxidation sites excluding steroid dienone is 8. The molecule has 0 atom stereocenters. The summed E-state index contributed by atoms with van der Waals surface area (Å²) in [5.74, 6) is 0. The third-order valence-electron chi connectivity index (χ3n) is 4.39. The van der Waals surface area contributed by atoms with Crippen molar-refractivity contribution in [2.75, 3.05) is 0 Å². The van der Waals surface area contributed by atoms with Crippen LogP contribution in [0.2, 0.25) is 0 Å². The van der Waals surface area contributed by atoms with Gasteiger partial charge in [0.2, 0.25) is 0 Å². The summed E-state index contributed by atoms with van der Waals surface area (Å²) in [4.78, 5) is 0. The van der Waals surface area contributed by atoms with Gasteiger partial charge < -0.3 is 10.2 Å². The van der Waals surface area contributed by atoms with Crippen molar-refractivity contribution in [2.45, 2.75) is 80.4 Å². The third-order valence-corrected chi connectivity index (χ3v) is 4.39. The first-order chi connectivity index (χ1) is 17.0. The zero-order valence-corrected chi connectivity index (χ0v) is 27.0. The van der Waals surface area contributed by atoms with E-state index in [2.05, 4.69) is 101 Å². The van der Waals surface area contributed by atoms with Crippen molar-refractivity contribution < 1.29 is 34.1 Å². The molecule has 0 fully saturated rings. The SMILES string of the molecule is CC(C)O.CC(C)O.CC1=C(c2ccccc2)C[C-]=C1.CC1=C(c2ccccc2)C[C-]=C1.C[C](C)=[Hf+2]. The number of rotatable bonds is 2. The Labute approximate surface area is 235 Å². The summed E-state index contributed by atoms with van der Waals surface area (Å²) in [5.41, 5.74) is 8.18. The minimum absolute atomic E-state index is 0.167. The van der Waals surface area contributed by atoms with Crippen LogP contribution in [0.15, 0.2) is 84.0 Å². The van der Waals surface area contributed by atoms with Crippen LogP contribution in [-0.2, 0) is 23.9 Å². The molecule has 0 heterocycles. The molecule has 36 heavy (non-hydrogen) atoms. The van der Waals surface area contributed by atoms with Crippen molar-refractivity contribution in [1.29, 1.82) is 0 Å². The molecule has 2 aromatic carbocycles. The predicted octanol–water partition coefficient (Wildman–Crippen LogP) is 7.97. The van der Waals surface area contributed by atoms with E-state index in [9.17, 15) is 0 Å². The molecule has 192 valence electrons. The topological polar surface area (TPSA) is 40.5 Å². The summed E-state index contributed by atoms with van der Waals surface area (Å²) < 4.78 is 1.56. The molecular weight excluding hydrogens is 607 g/mol. The molecule has 2 aliphatic carbocycles. The normalized spacial score (nSPS) is 13.3. The summed E-state index contributed by atoms with van der Waals surface area (Å²) in [7, 11) is 0. The average molecular weight is 651 g/mol. The Morgan fingerprint density at radius 2 is 0.917 bits per heavy atom. The van der Waals surface area contributed by atoms with Crippen LogP contribution in [0.4, 0.5) is 0 Å². The van der Waals surface area contributed by atoms with Gasteiger partial charge in [-0.1, -0.05) is 60.7 Å².